The lowest BCUT2D eigenvalue weighted by atomic mass is 9.77. The number of carboxylic acid groups (broad SMARTS) is 1. The Morgan fingerprint density at radius 3 is 2.34 bits per heavy atom. The second kappa shape index (κ2) is 8.89. The summed E-state index contributed by atoms with van der Waals surface area (Å²) in [6.45, 7) is 1.05. The van der Waals surface area contributed by atoms with Crippen LogP contribution in [0.15, 0.2) is 24.3 Å². The van der Waals surface area contributed by atoms with E-state index in [9.17, 15) is 19.8 Å². The third kappa shape index (κ3) is 5.22. The number of benzene rings is 1. The van der Waals surface area contributed by atoms with Crippen LogP contribution in [0.3, 0.4) is 0 Å². The minimum absolute atomic E-state index is 0.188. The van der Waals surface area contributed by atoms with E-state index in [4.69, 9.17) is 5.11 Å². The number of amides is 1. The van der Waals surface area contributed by atoms with Gasteiger partial charge in [0.1, 0.15) is 18.1 Å². The first-order valence-corrected chi connectivity index (χ1v) is 9.69. The van der Waals surface area contributed by atoms with Gasteiger partial charge in [-0.25, -0.2) is 9.97 Å². The number of nitrogens with zero attached hydrogens (tertiary/aromatic N) is 2. The standard InChI is InChI=1S/C21H25N3O5/c1-12-20(28)19(21(29)22-11-18(26)27)24-17(23-12)10-13-2-4-14(5-3-13)15-6-8-16(25)9-7-15/h6-9,13-14,25,28H,2-5,10-11H2,1H3,(H,22,29)(H,26,27). The molecule has 154 valence electrons. The zero-order valence-electron chi connectivity index (χ0n) is 16.3. The molecule has 0 radical (unpaired) electrons. The van der Waals surface area contributed by atoms with Crippen LogP contribution in [0.1, 0.15) is 59.2 Å². The highest BCUT2D eigenvalue weighted by molar-refractivity contribution is 5.96. The smallest absolute Gasteiger partial charge is 0.322 e. The van der Waals surface area contributed by atoms with Crippen molar-refractivity contribution in [2.75, 3.05) is 6.54 Å². The normalized spacial score (nSPS) is 18.9. The molecule has 1 aromatic heterocycles. The molecule has 0 spiro atoms. The fraction of sp³-hybridized carbons (Fsp3) is 0.429. The summed E-state index contributed by atoms with van der Waals surface area (Å²) in [7, 11) is 0. The van der Waals surface area contributed by atoms with E-state index < -0.39 is 18.4 Å². The molecule has 0 saturated heterocycles. The minimum Gasteiger partial charge on any atom is -0.508 e. The molecule has 1 aliphatic carbocycles. The van der Waals surface area contributed by atoms with Crippen molar-refractivity contribution in [3.8, 4) is 11.5 Å². The summed E-state index contributed by atoms with van der Waals surface area (Å²) in [5.74, 6) is -0.636. The van der Waals surface area contributed by atoms with E-state index in [1.807, 2.05) is 12.1 Å². The van der Waals surface area contributed by atoms with Gasteiger partial charge in [0.25, 0.3) is 5.91 Å². The molecule has 0 atom stereocenters. The summed E-state index contributed by atoms with van der Waals surface area (Å²) >= 11 is 0. The van der Waals surface area contributed by atoms with Gasteiger partial charge in [-0.3, -0.25) is 9.59 Å². The molecule has 8 heteroatoms. The quantitative estimate of drug-likeness (QED) is 0.587. The number of carbonyl (C=O) groups is 2. The van der Waals surface area contributed by atoms with Crippen LogP contribution in [0.4, 0.5) is 0 Å². The summed E-state index contributed by atoms with van der Waals surface area (Å²) in [6.07, 6.45) is 4.64. The highest BCUT2D eigenvalue weighted by Crippen LogP contribution is 2.37. The van der Waals surface area contributed by atoms with E-state index in [0.717, 1.165) is 25.7 Å². The molecule has 1 aliphatic rings. The Hall–Kier alpha value is -3.16. The number of aromatic hydroxyl groups is 2. The van der Waals surface area contributed by atoms with E-state index in [2.05, 4.69) is 15.3 Å². The van der Waals surface area contributed by atoms with E-state index in [1.54, 1.807) is 19.1 Å². The summed E-state index contributed by atoms with van der Waals surface area (Å²) < 4.78 is 0. The molecule has 8 nitrogen and oxygen atoms in total. The van der Waals surface area contributed by atoms with E-state index in [-0.39, 0.29) is 17.2 Å². The lowest BCUT2D eigenvalue weighted by Gasteiger charge is -2.28. The lowest BCUT2D eigenvalue weighted by molar-refractivity contribution is -0.135. The van der Waals surface area contributed by atoms with Gasteiger partial charge in [-0.15, -0.1) is 0 Å². The topological polar surface area (TPSA) is 133 Å². The molecular weight excluding hydrogens is 374 g/mol. The van der Waals surface area contributed by atoms with Gasteiger partial charge in [0.15, 0.2) is 11.4 Å². The number of aliphatic carboxylic acids is 1. The molecule has 1 fully saturated rings. The average molecular weight is 399 g/mol. The molecule has 3 rings (SSSR count). The van der Waals surface area contributed by atoms with Crippen LogP contribution >= 0.6 is 0 Å². The Labute approximate surface area is 168 Å². The number of phenolic OH excluding ortho intramolecular Hbond substituents is 1. The van der Waals surface area contributed by atoms with Gasteiger partial charge in [-0.05, 0) is 62.1 Å². The van der Waals surface area contributed by atoms with Crippen molar-refractivity contribution in [1.82, 2.24) is 15.3 Å². The summed E-state index contributed by atoms with van der Waals surface area (Å²) in [6, 6.07) is 7.36. The molecule has 0 bridgehead atoms. The number of carboxylic acids is 1. The first-order valence-electron chi connectivity index (χ1n) is 9.69. The van der Waals surface area contributed by atoms with Crippen LogP contribution < -0.4 is 5.32 Å². The molecule has 1 saturated carbocycles. The first kappa shape index (κ1) is 20.6. The number of nitrogens with one attached hydrogen (secondary N) is 1. The summed E-state index contributed by atoms with van der Waals surface area (Å²) in [5.41, 5.74) is 1.34. The third-order valence-electron chi connectivity index (χ3n) is 5.40. The van der Waals surface area contributed by atoms with Gasteiger partial charge < -0.3 is 20.6 Å². The highest BCUT2D eigenvalue weighted by atomic mass is 16.4. The maximum Gasteiger partial charge on any atom is 0.322 e. The highest BCUT2D eigenvalue weighted by Gasteiger charge is 2.25. The number of phenols is 1. The molecule has 0 unspecified atom stereocenters. The number of carbonyl (C=O) groups excluding carboxylic acids is 1. The predicted octanol–water partition coefficient (Wildman–Crippen LogP) is 2.53. The van der Waals surface area contributed by atoms with Crippen molar-refractivity contribution in [2.24, 2.45) is 5.92 Å². The van der Waals surface area contributed by atoms with Gasteiger partial charge in [-0.2, -0.15) is 0 Å². The van der Waals surface area contributed by atoms with Gasteiger partial charge in [-0.1, -0.05) is 12.1 Å². The van der Waals surface area contributed by atoms with Gasteiger partial charge in [0.2, 0.25) is 0 Å². The Balaban J connectivity index is 1.64. The molecule has 1 amide bonds. The fourth-order valence-corrected chi connectivity index (χ4v) is 3.82. The number of hydrogen-bond acceptors (Lipinski definition) is 6. The second-order valence-corrected chi connectivity index (χ2v) is 7.51. The van der Waals surface area contributed by atoms with Crippen LogP contribution in [0, 0.1) is 12.8 Å². The SMILES string of the molecule is Cc1nc(CC2CCC(c3ccc(O)cc3)CC2)nc(C(=O)NCC(=O)O)c1O. The zero-order valence-corrected chi connectivity index (χ0v) is 16.3. The molecule has 2 aromatic rings. The Kier molecular flexibility index (Phi) is 6.31. The van der Waals surface area contributed by atoms with Gasteiger partial charge in [0, 0.05) is 6.42 Å². The van der Waals surface area contributed by atoms with Crippen LogP contribution in [-0.4, -0.2) is 43.7 Å². The largest absolute Gasteiger partial charge is 0.508 e. The number of aryl methyl sites for hydroxylation is 1. The van der Waals surface area contributed by atoms with Crippen LogP contribution in [0.5, 0.6) is 11.5 Å². The monoisotopic (exact) mass is 399 g/mol. The molecular formula is C21H25N3O5. The Bertz CT molecular complexity index is 890. The fourth-order valence-electron chi connectivity index (χ4n) is 3.82. The minimum atomic E-state index is -1.17. The van der Waals surface area contributed by atoms with Crippen molar-refractivity contribution in [3.63, 3.8) is 0 Å². The van der Waals surface area contributed by atoms with Crippen LogP contribution in [0.25, 0.3) is 0 Å². The third-order valence-corrected chi connectivity index (χ3v) is 5.40. The average Bonchev–Trinajstić information content (AvgIpc) is 2.70. The van der Waals surface area contributed by atoms with Gasteiger partial charge >= 0.3 is 5.97 Å². The molecule has 1 aromatic carbocycles. The number of hydrogen-bond donors (Lipinski definition) is 4. The maximum absolute atomic E-state index is 12.1. The molecule has 4 N–H and O–H groups in total. The van der Waals surface area contributed by atoms with E-state index in [0.29, 0.717) is 29.8 Å². The van der Waals surface area contributed by atoms with E-state index in [1.165, 1.54) is 5.56 Å². The van der Waals surface area contributed by atoms with Crippen molar-refractivity contribution < 1.29 is 24.9 Å². The lowest BCUT2D eigenvalue weighted by Crippen LogP contribution is -2.30. The predicted molar refractivity (Wildman–Crippen MR) is 105 cm³/mol. The number of rotatable bonds is 6. The maximum atomic E-state index is 12.1. The molecule has 0 aliphatic heterocycles. The number of aromatic nitrogens is 2. The summed E-state index contributed by atoms with van der Waals surface area (Å²) in [5, 5.41) is 30.4. The Morgan fingerprint density at radius 1 is 1.07 bits per heavy atom. The van der Waals surface area contributed by atoms with E-state index >= 15 is 0 Å². The van der Waals surface area contributed by atoms with Crippen LogP contribution in [0.2, 0.25) is 0 Å². The van der Waals surface area contributed by atoms with Crippen molar-refractivity contribution in [1.29, 1.82) is 0 Å². The Morgan fingerprint density at radius 2 is 1.72 bits per heavy atom. The van der Waals surface area contributed by atoms with Crippen molar-refractivity contribution in [2.45, 2.75) is 44.9 Å². The summed E-state index contributed by atoms with van der Waals surface area (Å²) in [4.78, 5) is 31.3. The molecule has 1 heterocycles. The first-order chi connectivity index (χ1) is 13.8. The van der Waals surface area contributed by atoms with Gasteiger partial charge in [0.05, 0.1) is 5.69 Å². The van der Waals surface area contributed by atoms with Crippen LogP contribution in [-0.2, 0) is 11.2 Å². The van der Waals surface area contributed by atoms with Crippen molar-refractivity contribution >= 4 is 11.9 Å². The zero-order chi connectivity index (χ0) is 21.0. The second-order valence-electron chi connectivity index (χ2n) is 7.51. The van der Waals surface area contributed by atoms with Crippen molar-refractivity contribution in [3.05, 3.63) is 47.0 Å². The molecule has 29 heavy (non-hydrogen) atoms.